The van der Waals surface area contributed by atoms with Crippen LogP contribution in [0.25, 0.3) is 0 Å². The van der Waals surface area contributed by atoms with Crippen molar-refractivity contribution in [1.82, 2.24) is 0 Å². The maximum absolute atomic E-state index is 3.95. The van der Waals surface area contributed by atoms with Crippen molar-refractivity contribution in [3.63, 3.8) is 0 Å². The van der Waals surface area contributed by atoms with Crippen molar-refractivity contribution in [1.29, 1.82) is 0 Å². The molecule has 1 unspecified atom stereocenters. The molecule has 0 N–H and O–H groups in total. The Bertz CT molecular complexity index is 173. The van der Waals surface area contributed by atoms with Gasteiger partial charge in [0.15, 0.2) is 0 Å². The minimum atomic E-state index is 0.313. The molecule has 13 heavy (non-hydrogen) atoms. The fourth-order valence-electron chi connectivity index (χ4n) is 1.59. The lowest BCUT2D eigenvalue weighted by Gasteiger charge is -2.36. The zero-order valence-corrected chi connectivity index (χ0v) is 10.3. The predicted octanol–water partition coefficient (Wildman–Crippen LogP) is 3.76. The molecule has 2 heteroatoms. The molecule has 0 nitrogen and oxygen atoms in total. The molecule has 0 aliphatic carbocycles. The summed E-state index contributed by atoms with van der Waals surface area (Å²) in [6.07, 6.45) is 3.36. The van der Waals surface area contributed by atoms with Gasteiger partial charge in [0.1, 0.15) is 14.0 Å². The SMILES string of the molecule is C=CC(C)(BC)CC(C)(C)B(C)C. The van der Waals surface area contributed by atoms with Crippen molar-refractivity contribution in [2.75, 3.05) is 0 Å². The third-order valence-corrected chi connectivity index (χ3v) is 3.72. The van der Waals surface area contributed by atoms with Crippen molar-refractivity contribution in [2.45, 2.75) is 58.3 Å². The summed E-state index contributed by atoms with van der Waals surface area (Å²) in [6, 6.07) is 0. The van der Waals surface area contributed by atoms with Gasteiger partial charge in [0.2, 0.25) is 0 Å². The summed E-state index contributed by atoms with van der Waals surface area (Å²) in [7, 11) is 1.19. The van der Waals surface area contributed by atoms with Crippen molar-refractivity contribution in [2.24, 2.45) is 0 Å². The molecule has 0 aliphatic rings. The van der Waals surface area contributed by atoms with E-state index in [1.165, 1.54) is 13.7 Å². The van der Waals surface area contributed by atoms with Gasteiger partial charge in [-0.3, -0.25) is 0 Å². The van der Waals surface area contributed by atoms with E-state index < -0.39 is 0 Å². The van der Waals surface area contributed by atoms with Gasteiger partial charge in [0, 0.05) is 0 Å². The van der Waals surface area contributed by atoms with Crippen LogP contribution in [0.4, 0.5) is 0 Å². The fourth-order valence-corrected chi connectivity index (χ4v) is 1.59. The number of allylic oxidation sites excluding steroid dienone is 1. The molecule has 0 saturated heterocycles. The molecule has 0 aromatic heterocycles. The lowest BCUT2D eigenvalue weighted by Crippen LogP contribution is -2.27. The molecule has 0 spiro atoms. The molecule has 0 amide bonds. The number of rotatable bonds is 5. The second-order valence-electron chi connectivity index (χ2n) is 5.53. The Morgan fingerprint density at radius 3 is 2.00 bits per heavy atom. The number of hydrogen-bond acceptors (Lipinski definition) is 0. The Labute approximate surface area is 85.5 Å². The first-order valence-corrected chi connectivity index (χ1v) is 5.41. The van der Waals surface area contributed by atoms with Crippen molar-refractivity contribution < 1.29 is 0 Å². The van der Waals surface area contributed by atoms with E-state index >= 15 is 0 Å². The molecular formula is C11H24B2. The zero-order valence-electron chi connectivity index (χ0n) is 10.3. The molecule has 0 aromatic carbocycles. The summed E-state index contributed by atoms with van der Waals surface area (Å²) in [5.74, 6) is 0. The Morgan fingerprint density at radius 2 is 1.77 bits per heavy atom. The van der Waals surface area contributed by atoms with Crippen molar-refractivity contribution in [3.8, 4) is 0 Å². The monoisotopic (exact) mass is 178 g/mol. The van der Waals surface area contributed by atoms with Gasteiger partial charge in [0.25, 0.3) is 0 Å². The first kappa shape index (κ1) is 12.9. The zero-order chi connectivity index (χ0) is 10.7. The minimum Gasteiger partial charge on any atom is -0.103 e. The van der Waals surface area contributed by atoms with Crippen molar-refractivity contribution in [3.05, 3.63) is 12.7 Å². The second-order valence-corrected chi connectivity index (χ2v) is 5.53. The molecule has 1 atom stereocenters. The molecule has 0 rings (SSSR count). The van der Waals surface area contributed by atoms with Gasteiger partial charge in [-0.1, -0.05) is 59.1 Å². The highest BCUT2D eigenvalue weighted by molar-refractivity contribution is 6.59. The van der Waals surface area contributed by atoms with Crippen LogP contribution in [0.3, 0.4) is 0 Å². The second kappa shape index (κ2) is 4.39. The molecule has 0 aromatic rings. The minimum absolute atomic E-state index is 0.313. The van der Waals surface area contributed by atoms with E-state index in [2.05, 4.69) is 53.9 Å². The molecule has 0 saturated carbocycles. The van der Waals surface area contributed by atoms with E-state index in [9.17, 15) is 0 Å². The highest BCUT2D eigenvalue weighted by Crippen LogP contribution is 2.45. The van der Waals surface area contributed by atoms with Crippen LogP contribution in [0.1, 0.15) is 27.2 Å². The van der Waals surface area contributed by atoms with Gasteiger partial charge in [-0.25, -0.2) is 0 Å². The summed E-state index contributed by atoms with van der Waals surface area (Å²) in [6.45, 7) is 18.6. The molecule has 0 bridgehead atoms. The standard InChI is InChI=1S/C11H24B2/c1-8-11(4,12-5)9-10(2,3)13(6)7/h8,12H,1,9H2,2-7H3. The molecule has 0 fully saturated rings. The van der Waals surface area contributed by atoms with E-state index in [-0.39, 0.29) is 0 Å². The van der Waals surface area contributed by atoms with E-state index in [0.717, 1.165) is 6.71 Å². The highest BCUT2D eigenvalue weighted by Gasteiger charge is 2.32. The van der Waals surface area contributed by atoms with Gasteiger partial charge in [-0.2, -0.15) is 0 Å². The van der Waals surface area contributed by atoms with Gasteiger partial charge < -0.3 is 0 Å². The predicted molar refractivity (Wildman–Crippen MR) is 67.7 cm³/mol. The fraction of sp³-hybridized carbons (Fsp3) is 0.818. The Kier molecular flexibility index (Phi) is 4.35. The van der Waals surface area contributed by atoms with Crippen LogP contribution < -0.4 is 0 Å². The van der Waals surface area contributed by atoms with Gasteiger partial charge in [-0.15, -0.1) is 6.58 Å². The van der Waals surface area contributed by atoms with Crippen LogP contribution in [0.5, 0.6) is 0 Å². The Balaban J connectivity index is 4.48. The van der Waals surface area contributed by atoms with Crippen molar-refractivity contribution >= 4 is 14.0 Å². The maximum atomic E-state index is 3.95. The normalized spacial score (nSPS) is 16.2. The third-order valence-electron chi connectivity index (χ3n) is 3.72. The van der Waals surface area contributed by atoms with Gasteiger partial charge in [0.05, 0.1) is 0 Å². The quantitative estimate of drug-likeness (QED) is 0.444. The van der Waals surface area contributed by atoms with Gasteiger partial charge in [-0.05, 0) is 5.31 Å². The van der Waals surface area contributed by atoms with E-state index in [1.807, 2.05) is 0 Å². The van der Waals surface area contributed by atoms with Crippen LogP contribution in [-0.4, -0.2) is 14.0 Å². The lowest BCUT2D eigenvalue weighted by molar-refractivity contribution is 0.523. The van der Waals surface area contributed by atoms with E-state index in [0.29, 0.717) is 10.6 Å². The molecule has 74 valence electrons. The number of hydrogen-bond donors (Lipinski definition) is 0. The Morgan fingerprint density at radius 1 is 1.31 bits per heavy atom. The largest absolute Gasteiger partial charge is 0.139 e. The van der Waals surface area contributed by atoms with Crippen LogP contribution in [0, 0.1) is 0 Å². The summed E-state index contributed by atoms with van der Waals surface area (Å²) in [4.78, 5) is 0. The topological polar surface area (TPSA) is 0 Å². The summed E-state index contributed by atoms with van der Waals surface area (Å²) < 4.78 is 0. The summed E-state index contributed by atoms with van der Waals surface area (Å²) >= 11 is 0. The van der Waals surface area contributed by atoms with Gasteiger partial charge >= 0.3 is 0 Å². The first-order chi connectivity index (χ1) is 5.77. The molecular weight excluding hydrogens is 154 g/mol. The smallest absolute Gasteiger partial charge is 0.103 e. The lowest BCUT2D eigenvalue weighted by atomic mass is 9.33. The molecule has 0 aliphatic heterocycles. The highest BCUT2D eigenvalue weighted by atomic mass is 14.2. The van der Waals surface area contributed by atoms with E-state index in [1.54, 1.807) is 0 Å². The molecule has 0 heterocycles. The molecule has 0 radical (unpaired) electrons. The average molecular weight is 178 g/mol. The first-order valence-electron chi connectivity index (χ1n) is 5.41. The van der Waals surface area contributed by atoms with Crippen LogP contribution in [0.15, 0.2) is 12.7 Å². The van der Waals surface area contributed by atoms with Crippen LogP contribution in [-0.2, 0) is 0 Å². The van der Waals surface area contributed by atoms with Crippen LogP contribution >= 0.6 is 0 Å². The van der Waals surface area contributed by atoms with Crippen LogP contribution in [0.2, 0.25) is 31.1 Å². The van der Waals surface area contributed by atoms with E-state index in [4.69, 9.17) is 0 Å². The maximum Gasteiger partial charge on any atom is 0.139 e. The summed E-state index contributed by atoms with van der Waals surface area (Å²) in [5.41, 5.74) is 0. The summed E-state index contributed by atoms with van der Waals surface area (Å²) in [5, 5.41) is 0.729. The average Bonchev–Trinajstić information content (AvgIpc) is 2.03. The Hall–Kier alpha value is -0.130. The third kappa shape index (κ3) is 3.62.